The Balaban J connectivity index is 1.72. The Morgan fingerprint density at radius 1 is 1.17 bits per heavy atom. The summed E-state index contributed by atoms with van der Waals surface area (Å²) in [7, 11) is 0. The van der Waals surface area contributed by atoms with E-state index in [0.717, 1.165) is 24.2 Å². The van der Waals surface area contributed by atoms with E-state index >= 15 is 0 Å². The fourth-order valence-electron chi connectivity index (χ4n) is 2.59. The topological polar surface area (TPSA) is 49.4 Å². The first-order valence-electron chi connectivity index (χ1n) is 7.52. The Morgan fingerprint density at radius 3 is 2.52 bits per heavy atom. The molecule has 1 aliphatic heterocycles. The standard InChI is InChI=1S/C18H17ClN2O2/c1-12-4-7-14(11-16(12)19)20-18(23)13-5-8-15(9-6-13)21-10-2-3-17(21)22/h4-9,11H,2-3,10H2,1H3,(H,20,23). The maximum atomic E-state index is 12.3. The molecule has 1 fully saturated rings. The van der Waals surface area contributed by atoms with Crippen molar-refractivity contribution in [1.29, 1.82) is 0 Å². The fourth-order valence-corrected chi connectivity index (χ4v) is 2.77. The van der Waals surface area contributed by atoms with Gasteiger partial charge in [-0.15, -0.1) is 0 Å². The summed E-state index contributed by atoms with van der Waals surface area (Å²) >= 11 is 6.06. The molecule has 0 saturated carbocycles. The molecule has 118 valence electrons. The van der Waals surface area contributed by atoms with Gasteiger partial charge in [0.1, 0.15) is 0 Å². The number of hydrogen-bond acceptors (Lipinski definition) is 2. The number of hydrogen-bond donors (Lipinski definition) is 1. The van der Waals surface area contributed by atoms with Gasteiger partial charge in [0.25, 0.3) is 5.91 Å². The highest BCUT2D eigenvalue weighted by Crippen LogP contribution is 2.23. The van der Waals surface area contributed by atoms with Crippen LogP contribution in [0.15, 0.2) is 42.5 Å². The zero-order valence-electron chi connectivity index (χ0n) is 12.8. The highest BCUT2D eigenvalue weighted by atomic mass is 35.5. The summed E-state index contributed by atoms with van der Waals surface area (Å²) in [6, 6.07) is 12.5. The molecule has 1 heterocycles. The molecule has 1 N–H and O–H groups in total. The molecule has 3 rings (SSSR count). The van der Waals surface area contributed by atoms with Crippen LogP contribution in [0.25, 0.3) is 0 Å². The van der Waals surface area contributed by atoms with E-state index in [1.54, 1.807) is 35.2 Å². The van der Waals surface area contributed by atoms with Gasteiger partial charge in [-0.05, 0) is 55.3 Å². The summed E-state index contributed by atoms with van der Waals surface area (Å²) in [6.45, 7) is 2.65. The minimum atomic E-state index is -0.204. The van der Waals surface area contributed by atoms with Crippen molar-refractivity contribution in [2.75, 3.05) is 16.8 Å². The first kappa shape index (κ1) is 15.6. The molecule has 0 aliphatic carbocycles. The highest BCUT2D eigenvalue weighted by molar-refractivity contribution is 6.31. The second-order valence-corrected chi connectivity index (χ2v) is 6.02. The minimum Gasteiger partial charge on any atom is -0.322 e. The van der Waals surface area contributed by atoms with E-state index in [9.17, 15) is 9.59 Å². The van der Waals surface area contributed by atoms with Crippen LogP contribution in [-0.4, -0.2) is 18.4 Å². The molecular formula is C18H17ClN2O2. The van der Waals surface area contributed by atoms with Crippen molar-refractivity contribution in [3.63, 3.8) is 0 Å². The molecule has 5 heteroatoms. The zero-order valence-corrected chi connectivity index (χ0v) is 13.6. The van der Waals surface area contributed by atoms with E-state index < -0.39 is 0 Å². The van der Waals surface area contributed by atoms with E-state index in [-0.39, 0.29) is 11.8 Å². The Labute approximate surface area is 140 Å². The van der Waals surface area contributed by atoms with Crippen LogP contribution in [0.4, 0.5) is 11.4 Å². The first-order chi connectivity index (χ1) is 11.0. The van der Waals surface area contributed by atoms with E-state index in [1.165, 1.54) is 0 Å². The van der Waals surface area contributed by atoms with Crippen molar-refractivity contribution in [3.05, 3.63) is 58.6 Å². The monoisotopic (exact) mass is 328 g/mol. The Kier molecular flexibility index (Phi) is 4.35. The number of carbonyl (C=O) groups excluding carboxylic acids is 2. The highest BCUT2D eigenvalue weighted by Gasteiger charge is 2.21. The predicted octanol–water partition coefficient (Wildman–Crippen LogP) is 4.03. The van der Waals surface area contributed by atoms with Crippen molar-refractivity contribution in [3.8, 4) is 0 Å². The Bertz CT molecular complexity index is 756. The van der Waals surface area contributed by atoms with Gasteiger partial charge in [0.05, 0.1) is 0 Å². The van der Waals surface area contributed by atoms with Gasteiger partial charge in [-0.1, -0.05) is 17.7 Å². The number of nitrogens with zero attached hydrogens (tertiary/aromatic N) is 1. The lowest BCUT2D eigenvalue weighted by Crippen LogP contribution is -2.23. The SMILES string of the molecule is Cc1ccc(NC(=O)c2ccc(N3CCCC3=O)cc2)cc1Cl. The van der Waals surface area contributed by atoms with Gasteiger partial charge in [0.15, 0.2) is 0 Å². The van der Waals surface area contributed by atoms with Gasteiger partial charge < -0.3 is 10.2 Å². The number of anilines is 2. The Morgan fingerprint density at radius 2 is 1.91 bits per heavy atom. The van der Waals surface area contributed by atoms with E-state index in [4.69, 9.17) is 11.6 Å². The molecule has 23 heavy (non-hydrogen) atoms. The van der Waals surface area contributed by atoms with Gasteiger partial charge in [0, 0.05) is 34.9 Å². The number of rotatable bonds is 3. The maximum Gasteiger partial charge on any atom is 0.255 e. The number of halogens is 1. The third-order valence-electron chi connectivity index (χ3n) is 3.94. The van der Waals surface area contributed by atoms with Gasteiger partial charge >= 0.3 is 0 Å². The summed E-state index contributed by atoms with van der Waals surface area (Å²) < 4.78 is 0. The molecule has 0 aromatic heterocycles. The van der Waals surface area contributed by atoms with Crippen LogP contribution in [-0.2, 0) is 4.79 Å². The van der Waals surface area contributed by atoms with Gasteiger partial charge in [-0.3, -0.25) is 9.59 Å². The van der Waals surface area contributed by atoms with Crippen molar-refractivity contribution in [1.82, 2.24) is 0 Å². The lowest BCUT2D eigenvalue weighted by molar-refractivity contribution is -0.117. The molecule has 4 nitrogen and oxygen atoms in total. The summed E-state index contributed by atoms with van der Waals surface area (Å²) in [5.74, 6) is -0.0688. The molecular weight excluding hydrogens is 312 g/mol. The average Bonchev–Trinajstić information content (AvgIpc) is 2.97. The van der Waals surface area contributed by atoms with Crippen molar-refractivity contribution in [2.24, 2.45) is 0 Å². The van der Waals surface area contributed by atoms with Crippen LogP contribution >= 0.6 is 11.6 Å². The maximum absolute atomic E-state index is 12.3. The van der Waals surface area contributed by atoms with E-state index in [0.29, 0.717) is 22.7 Å². The molecule has 1 aliphatic rings. The van der Waals surface area contributed by atoms with Crippen LogP contribution in [0.5, 0.6) is 0 Å². The number of nitrogens with one attached hydrogen (secondary N) is 1. The van der Waals surface area contributed by atoms with Crippen LogP contribution in [0.1, 0.15) is 28.8 Å². The van der Waals surface area contributed by atoms with Crippen LogP contribution in [0.2, 0.25) is 5.02 Å². The average molecular weight is 329 g/mol. The summed E-state index contributed by atoms with van der Waals surface area (Å²) in [4.78, 5) is 25.8. The second-order valence-electron chi connectivity index (χ2n) is 5.61. The number of aryl methyl sites for hydroxylation is 1. The minimum absolute atomic E-state index is 0.136. The van der Waals surface area contributed by atoms with Crippen molar-refractivity contribution < 1.29 is 9.59 Å². The number of amides is 2. The second kappa shape index (κ2) is 6.42. The van der Waals surface area contributed by atoms with E-state index in [1.807, 2.05) is 19.1 Å². The van der Waals surface area contributed by atoms with Gasteiger partial charge in [-0.25, -0.2) is 0 Å². The summed E-state index contributed by atoms with van der Waals surface area (Å²) in [5, 5.41) is 3.44. The van der Waals surface area contributed by atoms with Gasteiger partial charge in [-0.2, -0.15) is 0 Å². The van der Waals surface area contributed by atoms with E-state index in [2.05, 4.69) is 5.32 Å². The lowest BCUT2D eigenvalue weighted by Gasteiger charge is -2.15. The molecule has 0 spiro atoms. The van der Waals surface area contributed by atoms with Crippen molar-refractivity contribution in [2.45, 2.75) is 19.8 Å². The molecule has 2 aromatic rings. The normalized spacial score (nSPS) is 14.2. The quantitative estimate of drug-likeness (QED) is 0.924. The molecule has 2 amide bonds. The van der Waals surface area contributed by atoms with Crippen molar-refractivity contribution >= 4 is 34.8 Å². The third-order valence-corrected chi connectivity index (χ3v) is 4.35. The molecule has 0 bridgehead atoms. The largest absolute Gasteiger partial charge is 0.322 e. The first-order valence-corrected chi connectivity index (χ1v) is 7.90. The Hall–Kier alpha value is -2.33. The smallest absolute Gasteiger partial charge is 0.255 e. The predicted molar refractivity (Wildman–Crippen MR) is 92.2 cm³/mol. The molecule has 0 radical (unpaired) electrons. The fraction of sp³-hybridized carbons (Fsp3) is 0.222. The molecule has 0 unspecified atom stereocenters. The molecule has 1 saturated heterocycles. The zero-order chi connectivity index (χ0) is 16.4. The van der Waals surface area contributed by atoms with Crippen LogP contribution < -0.4 is 10.2 Å². The molecule has 0 atom stereocenters. The summed E-state index contributed by atoms with van der Waals surface area (Å²) in [5.41, 5.74) is 2.99. The third kappa shape index (κ3) is 3.37. The van der Waals surface area contributed by atoms with Crippen LogP contribution in [0.3, 0.4) is 0 Å². The van der Waals surface area contributed by atoms with Crippen LogP contribution in [0, 0.1) is 6.92 Å². The van der Waals surface area contributed by atoms with Gasteiger partial charge in [0.2, 0.25) is 5.91 Å². The number of carbonyl (C=O) groups is 2. The lowest BCUT2D eigenvalue weighted by atomic mass is 10.1. The number of benzene rings is 2. The summed E-state index contributed by atoms with van der Waals surface area (Å²) in [6.07, 6.45) is 1.48. The molecule has 2 aromatic carbocycles.